The Morgan fingerprint density at radius 3 is 2.71 bits per heavy atom. The monoisotopic (exact) mass is 347 g/mol. The fourth-order valence-electron chi connectivity index (χ4n) is 2.75. The highest BCUT2D eigenvalue weighted by atomic mass is 79.9. The van der Waals surface area contributed by atoms with Crippen LogP contribution in [-0.4, -0.2) is 5.91 Å². The standard InChI is InChI=1S/C17H15BrFNO/c18-15-10-14(19)7-8-16(15)20-17(21)13-6-5-11-3-1-2-4-12(11)9-13/h1-4,7-8,10,13H,5-6,9H2,(H,20,21). The van der Waals surface area contributed by atoms with Crippen molar-refractivity contribution < 1.29 is 9.18 Å². The smallest absolute Gasteiger partial charge is 0.227 e. The minimum absolute atomic E-state index is 0.00295. The van der Waals surface area contributed by atoms with Crippen LogP contribution < -0.4 is 5.32 Å². The molecule has 108 valence electrons. The second kappa shape index (κ2) is 5.98. The predicted molar refractivity (Wildman–Crippen MR) is 84.7 cm³/mol. The summed E-state index contributed by atoms with van der Waals surface area (Å²) >= 11 is 3.27. The molecule has 0 heterocycles. The van der Waals surface area contributed by atoms with Crippen LogP contribution in [-0.2, 0) is 17.6 Å². The summed E-state index contributed by atoms with van der Waals surface area (Å²) in [6.45, 7) is 0. The molecule has 0 spiro atoms. The zero-order chi connectivity index (χ0) is 14.8. The molecule has 4 heteroatoms. The number of carbonyl (C=O) groups excluding carboxylic acids is 1. The largest absolute Gasteiger partial charge is 0.325 e. The lowest BCUT2D eigenvalue weighted by Crippen LogP contribution is -2.28. The van der Waals surface area contributed by atoms with Crippen molar-refractivity contribution in [3.05, 3.63) is 63.9 Å². The molecule has 2 nitrogen and oxygen atoms in total. The molecule has 1 amide bonds. The third-order valence-electron chi connectivity index (χ3n) is 3.91. The number of carbonyl (C=O) groups is 1. The van der Waals surface area contributed by atoms with E-state index in [0.717, 1.165) is 19.3 Å². The molecular weight excluding hydrogens is 333 g/mol. The van der Waals surface area contributed by atoms with Gasteiger partial charge in [0, 0.05) is 10.4 Å². The van der Waals surface area contributed by atoms with Crippen molar-refractivity contribution >= 4 is 27.5 Å². The molecule has 0 radical (unpaired) electrons. The molecule has 21 heavy (non-hydrogen) atoms. The number of benzene rings is 2. The van der Waals surface area contributed by atoms with Gasteiger partial charge in [-0.25, -0.2) is 4.39 Å². The second-order valence-electron chi connectivity index (χ2n) is 5.32. The van der Waals surface area contributed by atoms with E-state index in [0.29, 0.717) is 10.2 Å². The summed E-state index contributed by atoms with van der Waals surface area (Å²) in [5.74, 6) is -0.361. The van der Waals surface area contributed by atoms with E-state index in [1.54, 1.807) is 6.07 Å². The van der Waals surface area contributed by atoms with Crippen LogP contribution in [0.4, 0.5) is 10.1 Å². The van der Waals surface area contributed by atoms with Gasteiger partial charge in [0.2, 0.25) is 5.91 Å². The lowest BCUT2D eigenvalue weighted by atomic mass is 9.83. The van der Waals surface area contributed by atoms with Gasteiger partial charge >= 0.3 is 0 Å². The molecule has 2 aromatic rings. The van der Waals surface area contributed by atoms with Crippen molar-refractivity contribution in [2.45, 2.75) is 19.3 Å². The fourth-order valence-corrected chi connectivity index (χ4v) is 3.20. The lowest BCUT2D eigenvalue weighted by molar-refractivity contribution is -0.120. The average molecular weight is 348 g/mol. The Labute approximate surface area is 131 Å². The van der Waals surface area contributed by atoms with Crippen LogP contribution in [0, 0.1) is 11.7 Å². The quantitative estimate of drug-likeness (QED) is 0.860. The molecule has 3 rings (SSSR count). The molecular formula is C17H15BrFNO. The number of hydrogen-bond donors (Lipinski definition) is 1. The number of nitrogens with one attached hydrogen (secondary N) is 1. The first-order valence-corrected chi connectivity index (χ1v) is 7.75. The van der Waals surface area contributed by atoms with Crippen LogP contribution in [0.3, 0.4) is 0 Å². The van der Waals surface area contributed by atoms with E-state index in [2.05, 4.69) is 33.4 Å². The van der Waals surface area contributed by atoms with Crippen LogP contribution >= 0.6 is 15.9 Å². The maximum absolute atomic E-state index is 13.1. The summed E-state index contributed by atoms with van der Waals surface area (Å²) in [7, 11) is 0. The van der Waals surface area contributed by atoms with Gasteiger partial charge in [-0.2, -0.15) is 0 Å². The molecule has 1 aliphatic rings. The molecule has 0 aromatic heterocycles. The van der Waals surface area contributed by atoms with E-state index in [-0.39, 0.29) is 17.6 Å². The molecule has 1 aliphatic carbocycles. The number of fused-ring (bicyclic) bond motifs is 1. The third-order valence-corrected chi connectivity index (χ3v) is 4.56. The van der Waals surface area contributed by atoms with Gasteiger partial charge in [0.15, 0.2) is 0 Å². The number of anilines is 1. The Morgan fingerprint density at radius 2 is 1.95 bits per heavy atom. The maximum Gasteiger partial charge on any atom is 0.227 e. The van der Waals surface area contributed by atoms with E-state index >= 15 is 0 Å². The van der Waals surface area contributed by atoms with E-state index in [1.807, 2.05) is 12.1 Å². The Balaban J connectivity index is 1.72. The van der Waals surface area contributed by atoms with Gasteiger partial charge < -0.3 is 5.32 Å². The second-order valence-corrected chi connectivity index (χ2v) is 6.18. The highest BCUT2D eigenvalue weighted by molar-refractivity contribution is 9.10. The number of rotatable bonds is 2. The predicted octanol–water partition coefficient (Wildman–Crippen LogP) is 4.33. The summed E-state index contributed by atoms with van der Waals surface area (Å²) < 4.78 is 13.6. The van der Waals surface area contributed by atoms with Crippen LogP contribution in [0.5, 0.6) is 0 Å². The average Bonchev–Trinajstić information content (AvgIpc) is 2.49. The Kier molecular flexibility index (Phi) is 4.06. The first kappa shape index (κ1) is 14.3. The third kappa shape index (κ3) is 3.16. The van der Waals surface area contributed by atoms with Crippen LogP contribution in [0.15, 0.2) is 46.9 Å². The summed E-state index contributed by atoms with van der Waals surface area (Å²) in [5, 5.41) is 2.89. The van der Waals surface area contributed by atoms with E-state index in [1.165, 1.54) is 23.3 Å². The molecule has 2 aromatic carbocycles. The number of aryl methyl sites for hydroxylation is 1. The molecule has 0 saturated heterocycles. The highest BCUT2D eigenvalue weighted by Crippen LogP contribution is 2.28. The number of hydrogen-bond acceptors (Lipinski definition) is 1. The van der Waals surface area contributed by atoms with Gasteiger partial charge in [-0.15, -0.1) is 0 Å². The molecule has 1 atom stereocenters. The van der Waals surface area contributed by atoms with Crippen LogP contribution in [0.25, 0.3) is 0 Å². The van der Waals surface area contributed by atoms with Crippen molar-refractivity contribution in [3.8, 4) is 0 Å². The normalized spacial score (nSPS) is 17.1. The van der Waals surface area contributed by atoms with E-state index in [9.17, 15) is 9.18 Å². The molecule has 0 fully saturated rings. The summed E-state index contributed by atoms with van der Waals surface area (Å²) in [6, 6.07) is 12.5. The SMILES string of the molecule is O=C(Nc1ccc(F)cc1Br)C1CCc2ccccc2C1. The Hall–Kier alpha value is -1.68. The Morgan fingerprint density at radius 1 is 1.19 bits per heavy atom. The first-order chi connectivity index (χ1) is 10.1. The Bertz CT molecular complexity index is 686. The molecule has 1 unspecified atom stereocenters. The van der Waals surface area contributed by atoms with Gasteiger partial charge in [0.1, 0.15) is 5.82 Å². The zero-order valence-corrected chi connectivity index (χ0v) is 13.0. The fraction of sp³-hybridized carbons (Fsp3) is 0.235. The number of amides is 1. The minimum atomic E-state index is -0.327. The molecule has 1 N–H and O–H groups in total. The molecule has 0 saturated carbocycles. The summed E-state index contributed by atoms with van der Waals surface area (Å²) in [5.41, 5.74) is 3.20. The van der Waals surface area contributed by atoms with Crippen LogP contribution in [0.1, 0.15) is 17.5 Å². The van der Waals surface area contributed by atoms with Crippen molar-refractivity contribution in [1.29, 1.82) is 0 Å². The maximum atomic E-state index is 13.1. The van der Waals surface area contributed by atoms with Gasteiger partial charge in [0.25, 0.3) is 0 Å². The summed E-state index contributed by atoms with van der Waals surface area (Å²) in [6.07, 6.45) is 2.54. The van der Waals surface area contributed by atoms with Gasteiger partial charge in [0.05, 0.1) is 5.69 Å². The minimum Gasteiger partial charge on any atom is -0.325 e. The van der Waals surface area contributed by atoms with Crippen molar-refractivity contribution in [2.75, 3.05) is 5.32 Å². The lowest BCUT2D eigenvalue weighted by Gasteiger charge is -2.24. The zero-order valence-electron chi connectivity index (χ0n) is 11.4. The number of halogens is 2. The van der Waals surface area contributed by atoms with Crippen molar-refractivity contribution in [1.82, 2.24) is 0 Å². The van der Waals surface area contributed by atoms with Gasteiger partial charge in [-0.05, 0) is 64.5 Å². The molecule has 0 aliphatic heterocycles. The van der Waals surface area contributed by atoms with Crippen molar-refractivity contribution in [3.63, 3.8) is 0 Å². The topological polar surface area (TPSA) is 29.1 Å². The molecule has 0 bridgehead atoms. The summed E-state index contributed by atoms with van der Waals surface area (Å²) in [4.78, 5) is 12.4. The van der Waals surface area contributed by atoms with Gasteiger partial charge in [-0.3, -0.25) is 4.79 Å². The van der Waals surface area contributed by atoms with E-state index in [4.69, 9.17) is 0 Å². The van der Waals surface area contributed by atoms with E-state index < -0.39 is 0 Å². The first-order valence-electron chi connectivity index (χ1n) is 6.96. The van der Waals surface area contributed by atoms with Crippen molar-refractivity contribution in [2.24, 2.45) is 5.92 Å². The van der Waals surface area contributed by atoms with Gasteiger partial charge in [-0.1, -0.05) is 24.3 Å². The van der Waals surface area contributed by atoms with Crippen LogP contribution in [0.2, 0.25) is 0 Å². The highest BCUT2D eigenvalue weighted by Gasteiger charge is 2.24.